The topological polar surface area (TPSA) is 83.9 Å². The molecule has 0 saturated heterocycles. The minimum absolute atomic E-state index is 0.119. The first-order valence-electron chi connectivity index (χ1n) is 14.7. The Balaban J connectivity index is 0.000000801. The predicted molar refractivity (Wildman–Crippen MR) is 177 cm³/mol. The number of aldehydes is 2. The number of carbonyl (C=O) groups excluding carboxylic acids is 3. The second-order valence-electron chi connectivity index (χ2n) is 10.9. The first kappa shape index (κ1) is 33.7. The van der Waals surface area contributed by atoms with E-state index in [1.807, 2.05) is 24.3 Å². The Bertz CT molecular complexity index is 1440. The number of nitrogens with zero attached hydrogens (tertiary/aromatic N) is 1. The van der Waals surface area contributed by atoms with E-state index in [9.17, 15) is 19.5 Å². The lowest BCUT2D eigenvalue weighted by molar-refractivity contribution is -0.133. The number of carbonyl (C=O) groups is 3. The molecule has 44 heavy (non-hydrogen) atoms. The maximum absolute atomic E-state index is 11.7. The predicted octanol–water partition coefficient (Wildman–Crippen LogP) is 7.61. The third-order valence-corrected chi connectivity index (χ3v) is 7.04. The molecule has 6 heteroatoms. The third-order valence-electron chi connectivity index (χ3n) is 7.04. The lowest BCUT2D eigenvalue weighted by Crippen LogP contribution is -2.40. The summed E-state index contributed by atoms with van der Waals surface area (Å²) in [5.74, 6) is 0.156. The van der Waals surface area contributed by atoms with Crippen molar-refractivity contribution in [2.24, 2.45) is 0 Å². The summed E-state index contributed by atoms with van der Waals surface area (Å²) in [5, 5.41) is 10.2. The van der Waals surface area contributed by atoms with E-state index in [0.717, 1.165) is 48.6 Å². The number of aryl methyl sites for hydroxylation is 4. The summed E-state index contributed by atoms with van der Waals surface area (Å²) in [6, 6.07) is 33.8. The van der Waals surface area contributed by atoms with Crippen molar-refractivity contribution in [2.75, 3.05) is 11.5 Å². The first-order valence-corrected chi connectivity index (χ1v) is 14.7. The Labute approximate surface area is 260 Å². The molecule has 1 N–H and O–H groups in total. The Kier molecular flexibility index (Phi) is 12.8. The maximum atomic E-state index is 11.7. The summed E-state index contributed by atoms with van der Waals surface area (Å²) < 4.78 is 5.61. The second kappa shape index (κ2) is 16.7. The Morgan fingerprint density at radius 3 is 1.50 bits per heavy atom. The van der Waals surface area contributed by atoms with E-state index in [-0.39, 0.29) is 6.61 Å². The van der Waals surface area contributed by atoms with Crippen LogP contribution in [0.5, 0.6) is 5.75 Å². The molecular weight excluding hydrogens is 550 g/mol. The number of hydrogen-bond donors (Lipinski definition) is 1. The molecule has 4 aromatic rings. The van der Waals surface area contributed by atoms with Crippen LogP contribution in [0.4, 0.5) is 17.1 Å². The second-order valence-corrected chi connectivity index (χ2v) is 10.9. The summed E-state index contributed by atoms with van der Waals surface area (Å²) in [6.07, 6.45) is 5.11. The molecule has 0 aliphatic heterocycles. The number of anilines is 3. The van der Waals surface area contributed by atoms with Gasteiger partial charge in [-0.05, 0) is 99.3 Å². The fraction of sp³-hybridized carbons (Fsp3) is 0.237. The van der Waals surface area contributed by atoms with Gasteiger partial charge in [-0.25, -0.2) is 0 Å². The maximum Gasteiger partial charge on any atom is 0.189 e. The van der Waals surface area contributed by atoms with Crippen molar-refractivity contribution in [3.8, 4) is 5.75 Å². The SMILES string of the molecule is C=CC(=O)C(C)(O)COc1ccc(CCc2ccc(N(c3ccc(C)cc3)c3ccc(C)cc3)cc2)cc1.O=CCCC=O. The van der Waals surface area contributed by atoms with Crippen LogP contribution in [-0.4, -0.2) is 35.7 Å². The van der Waals surface area contributed by atoms with Crippen molar-refractivity contribution in [2.45, 2.75) is 52.1 Å². The number of hydrogen-bond acceptors (Lipinski definition) is 6. The molecule has 0 aliphatic rings. The molecule has 0 radical (unpaired) electrons. The smallest absolute Gasteiger partial charge is 0.189 e. The molecule has 1 atom stereocenters. The number of ketones is 1. The molecule has 0 aromatic heterocycles. The van der Waals surface area contributed by atoms with Gasteiger partial charge < -0.3 is 24.3 Å². The van der Waals surface area contributed by atoms with E-state index >= 15 is 0 Å². The summed E-state index contributed by atoms with van der Waals surface area (Å²) in [5.41, 5.74) is 6.73. The largest absolute Gasteiger partial charge is 0.490 e. The summed E-state index contributed by atoms with van der Waals surface area (Å²) in [6.45, 7) is 8.93. The monoisotopic (exact) mass is 591 g/mol. The number of aliphatic hydroxyl groups is 1. The number of unbranched alkanes of at least 4 members (excludes halogenated alkanes) is 1. The van der Waals surface area contributed by atoms with Gasteiger partial charge in [0.05, 0.1) is 0 Å². The fourth-order valence-electron chi connectivity index (χ4n) is 4.34. The van der Waals surface area contributed by atoms with Gasteiger partial charge in [-0.3, -0.25) is 4.79 Å². The molecule has 6 nitrogen and oxygen atoms in total. The average molecular weight is 592 g/mol. The van der Waals surface area contributed by atoms with Crippen molar-refractivity contribution in [1.29, 1.82) is 0 Å². The van der Waals surface area contributed by atoms with Gasteiger partial charge in [0.15, 0.2) is 11.4 Å². The highest BCUT2D eigenvalue weighted by Gasteiger charge is 2.28. The zero-order valence-electron chi connectivity index (χ0n) is 25.7. The number of ether oxygens (including phenoxy) is 1. The van der Waals surface area contributed by atoms with Crippen molar-refractivity contribution < 1.29 is 24.2 Å². The van der Waals surface area contributed by atoms with E-state index in [2.05, 4.69) is 98.1 Å². The average Bonchev–Trinajstić information content (AvgIpc) is 3.04. The van der Waals surface area contributed by atoms with Crippen LogP contribution in [0.25, 0.3) is 0 Å². The highest BCUT2D eigenvalue weighted by Crippen LogP contribution is 2.34. The van der Waals surface area contributed by atoms with Gasteiger partial charge in [0.25, 0.3) is 0 Å². The molecule has 0 saturated carbocycles. The zero-order chi connectivity index (χ0) is 32.0. The first-order chi connectivity index (χ1) is 21.2. The van der Waals surface area contributed by atoms with Crippen LogP contribution in [0.2, 0.25) is 0 Å². The summed E-state index contributed by atoms with van der Waals surface area (Å²) in [7, 11) is 0. The molecule has 0 heterocycles. The molecular formula is C38H41NO5. The minimum Gasteiger partial charge on any atom is -0.490 e. The molecule has 4 rings (SSSR count). The molecule has 0 spiro atoms. The molecule has 0 bridgehead atoms. The zero-order valence-corrected chi connectivity index (χ0v) is 25.7. The molecule has 0 amide bonds. The van der Waals surface area contributed by atoms with Crippen molar-refractivity contribution in [3.63, 3.8) is 0 Å². The normalized spacial score (nSPS) is 11.7. The van der Waals surface area contributed by atoms with Gasteiger partial charge in [0.1, 0.15) is 24.9 Å². The number of rotatable bonds is 14. The molecule has 4 aromatic carbocycles. The fourth-order valence-corrected chi connectivity index (χ4v) is 4.34. The lowest BCUT2D eigenvalue weighted by Gasteiger charge is -2.26. The molecule has 0 fully saturated rings. The van der Waals surface area contributed by atoms with Gasteiger partial charge in [-0.15, -0.1) is 0 Å². The van der Waals surface area contributed by atoms with Crippen LogP contribution < -0.4 is 9.64 Å². The Hall–Kier alpha value is -4.81. The van der Waals surface area contributed by atoms with Gasteiger partial charge >= 0.3 is 0 Å². The van der Waals surface area contributed by atoms with E-state index < -0.39 is 11.4 Å². The van der Waals surface area contributed by atoms with Crippen LogP contribution in [0.1, 0.15) is 42.0 Å². The standard InChI is InChI=1S/C34H35NO3.C4H6O2/c1-5-33(36)34(4,37)24-38-32-22-14-28(15-23-32)11-10-27-12-20-31(21-13-27)35(29-16-6-25(2)7-17-29)30-18-8-26(3)9-19-30;5-3-1-2-4-6/h5-9,12-23,37H,1,10-11,24H2,2-4H3;3-4H,1-2H2. The highest BCUT2D eigenvalue weighted by molar-refractivity contribution is 5.96. The van der Waals surface area contributed by atoms with Gasteiger partial charge in [-0.2, -0.15) is 0 Å². The van der Waals surface area contributed by atoms with Crippen LogP contribution in [0, 0.1) is 13.8 Å². The van der Waals surface area contributed by atoms with Crippen molar-refractivity contribution in [3.05, 3.63) is 132 Å². The minimum atomic E-state index is -1.58. The number of benzene rings is 4. The third kappa shape index (κ3) is 10.2. The van der Waals surface area contributed by atoms with E-state index in [4.69, 9.17) is 4.74 Å². The van der Waals surface area contributed by atoms with Crippen LogP contribution in [0.15, 0.2) is 110 Å². The molecule has 228 valence electrons. The van der Waals surface area contributed by atoms with Crippen LogP contribution >= 0.6 is 0 Å². The quantitative estimate of drug-likeness (QED) is 0.0923. The van der Waals surface area contributed by atoms with E-state index in [1.54, 1.807) is 0 Å². The Morgan fingerprint density at radius 2 is 1.11 bits per heavy atom. The van der Waals surface area contributed by atoms with Crippen LogP contribution in [-0.2, 0) is 27.2 Å². The Morgan fingerprint density at radius 1 is 0.727 bits per heavy atom. The molecule has 1 unspecified atom stereocenters. The van der Waals surface area contributed by atoms with Gasteiger partial charge in [-0.1, -0.05) is 66.2 Å². The highest BCUT2D eigenvalue weighted by atomic mass is 16.5. The van der Waals surface area contributed by atoms with E-state index in [0.29, 0.717) is 18.6 Å². The molecule has 0 aliphatic carbocycles. The van der Waals surface area contributed by atoms with Gasteiger partial charge in [0.2, 0.25) is 0 Å². The summed E-state index contributed by atoms with van der Waals surface area (Å²) in [4.78, 5) is 32.8. The van der Waals surface area contributed by atoms with Crippen molar-refractivity contribution in [1.82, 2.24) is 0 Å². The van der Waals surface area contributed by atoms with E-state index in [1.165, 1.54) is 29.2 Å². The lowest BCUT2D eigenvalue weighted by atomic mass is 10.0. The summed E-state index contributed by atoms with van der Waals surface area (Å²) >= 11 is 0. The van der Waals surface area contributed by atoms with Gasteiger partial charge in [0, 0.05) is 29.9 Å². The van der Waals surface area contributed by atoms with Crippen LogP contribution in [0.3, 0.4) is 0 Å². The van der Waals surface area contributed by atoms with Crippen molar-refractivity contribution >= 4 is 35.4 Å².